The number of aromatic nitrogens is 1. The third kappa shape index (κ3) is 4.25. The topological polar surface area (TPSA) is 39.2 Å². The third-order valence-corrected chi connectivity index (χ3v) is 2.79. The lowest BCUT2D eigenvalue weighted by atomic mass is 10.0. The van der Waals surface area contributed by atoms with Gasteiger partial charge in [0.2, 0.25) is 0 Å². The smallest absolute Gasteiger partial charge is 0.433 e. The van der Waals surface area contributed by atoms with E-state index in [0.717, 1.165) is 6.07 Å². The number of nitrogens with zero attached hydrogens (tertiary/aromatic N) is 1. The van der Waals surface area contributed by atoms with E-state index in [1.165, 1.54) is 29.5 Å². The van der Waals surface area contributed by atoms with Crippen molar-refractivity contribution in [2.24, 2.45) is 0 Å². The van der Waals surface area contributed by atoms with Crippen LogP contribution >= 0.6 is 22.6 Å². The summed E-state index contributed by atoms with van der Waals surface area (Å²) in [5.74, 6) is -0.871. The summed E-state index contributed by atoms with van der Waals surface area (Å²) in [6.07, 6.45) is -9.06. The Kier molecular flexibility index (Phi) is 5.66. The summed E-state index contributed by atoms with van der Waals surface area (Å²) in [6, 6.07) is 1.02. The second kappa shape index (κ2) is 6.64. The number of hydrogen-bond donors (Lipinski definition) is 0. The maximum absolute atomic E-state index is 12.9. The lowest BCUT2D eigenvalue weighted by Crippen LogP contribution is -2.18. The first-order valence-electron chi connectivity index (χ1n) is 5.37. The standard InChI is InChI=1S/C11H9F5INO2/c1-2-20-7(19)4-5-3-6(17)18-9(11(14,15)16)8(5)10(12)13/h3,10H,2,4H2,1H3. The number of pyridine rings is 1. The van der Waals surface area contributed by atoms with E-state index < -0.39 is 41.8 Å². The van der Waals surface area contributed by atoms with Crippen LogP contribution in [0.2, 0.25) is 0 Å². The summed E-state index contributed by atoms with van der Waals surface area (Å²) >= 11 is 1.47. The molecule has 0 aromatic carbocycles. The van der Waals surface area contributed by atoms with Crippen LogP contribution < -0.4 is 0 Å². The molecule has 0 aliphatic carbocycles. The fourth-order valence-electron chi connectivity index (χ4n) is 1.55. The number of ether oxygens (including phenoxy) is 1. The maximum Gasteiger partial charge on any atom is 0.433 e. The molecule has 0 fully saturated rings. The largest absolute Gasteiger partial charge is 0.466 e. The van der Waals surface area contributed by atoms with Crippen LogP contribution in [-0.2, 0) is 22.1 Å². The number of halogens is 6. The molecule has 0 unspecified atom stereocenters. The molecule has 1 rings (SSSR count). The predicted octanol–water partition coefficient (Wildman–Crippen LogP) is 3.75. The van der Waals surface area contributed by atoms with Crippen molar-refractivity contribution in [1.82, 2.24) is 4.98 Å². The Morgan fingerprint density at radius 3 is 2.50 bits per heavy atom. The highest BCUT2D eigenvalue weighted by Crippen LogP contribution is 2.37. The molecule has 1 heterocycles. The van der Waals surface area contributed by atoms with Crippen LogP contribution in [0.1, 0.15) is 30.2 Å². The Labute approximate surface area is 124 Å². The second-order valence-electron chi connectivity index (χ2n) is 3.65. The highest BCUT2D eigenvalue weighted by Gasteiger charge is 2.39. The molecule has 9 heteroatoms. The first-order chi connectivity index (χ1) is 9.16. The van der Waals surface area contributed by atoms with Gasteiger partial charge in [0.1, 0.15) is 3.70 Å². The highest BCUT2D eigenvalue weighted by molar-refractivity contribution is 14.1. The van der Waals surface area contributed by atoms with Crippen molar-refractivity contribution in [2.45, 2.75) is 25.9 Å². The van der Waals surface area contributed by atoms with Gasteiger partial charge in [-0.2, -0.15) is 13.2 Å². The summed E-state index contributed by atoms with van der Waals surface area (Å²) in [4.78, 5) is 14.4. The molecule has 112 valence electrons. The molecule has 0 saturated carbocycles. The van der Waals surface area contributed by atoms with E-state index in [0.29, 0.717) is 0 Å². The third-order valence-electron chi connectivity index (χ3n) is 2.24. The minimum Gasteiger partial charge on any atom is -0.466 e. The van der Waals surface area contributed by atoms with Crippen LogP contribution in [0.3, 0.4) is 0 Å². The van der Waals surface area contributed by atoms with E-state index in [1.54, 1.807) is 0 Å². The second-order valence-corrected chi connectivity index (χ2v) is 4.75. The summed E-state index contributed by atoms with van der Waals surface area (Å²) in [7, 11) is 0. The van der Waals surface area contributed by atoms with Gasteiger partial charge in [-0.05, 0) is 41.1 Å². The minimum absolute atomic E-state index is 0.0111. The fraction of sp³-hybridized carbons (Fsp3) is 0.455. The molecular formula is C11H9F5INO2. The van der Waals surface area contributed by atoms with E-state index >= 15 is 0 Å². The number of alkyl halides is 5. The SMILES string of the molecule is CCOC(=O)Cc1cc(I)nc(C(F)(F)F)c1C(F)F. The number of carbonyl (C=O) groups excluding carboxylic acids is 1. The number of carbonyl (C=O) groups is 1. The molecule has 0 radical (unpaired) electrons. The fourth-order valence-corrected chi connectivity index (χ4v) is 2.16. The van der Waals surface area contributed by atoms with Crippen molar-refractivity contribution in [3.63, 3.8) is 0 Å². The van der Waals surface area contributed by atoms with Crippen LogP contribution in [-0.4, -0.2) is 17.6 Å². The van der Waals surface area contributed by atoms with Gasteiger partial charge in [0.25, 0.3) is 6.43 Å². The molecular weight excluding hydrogens is 400 g/mol. The van der Waals surface area contributed by atoms with Gasteiger partial charge in [-0.25, -0.2) is 13.8 Å². The van der Waals surface area contributed by atoms with Gasteiger partial charge in [-0.1, -0.05) is 0 Å². The van der Waals surface area contributed by atoms with E-state index in [1.807, 2.05) is 0 Å². The summed E-state index contributed by atoms with van der Waals surface area (Å²) in [5.41, 5.74) is -3.37. The van der Waals surface area contributed by atoms with E-state index in [4.69, 9.17) is 0 Å². The Morgan fingerprint density at radius 2 is 2.05 bits per heavy atom. The van der Waals surface area contributed by atoms with Crippen molar-refractivity contribution in [3.05, 3.63) is 26.6 Å². The van der Waals surface area contributed by atoms with Crippen LogP contribution in [0.4, 0.5) is 22.0 Å². The molecule has 0 atom stereocenters. The molecule has 0 N–H and O–H groups in total. The number of hydrogen-bond acceptors (Lipinski definition) is 3. The zero-order chi connectivity index (χ0) is 15.5. The average molecular weight is 409 g/mol. The summed E-state index contributed by atoms with van der Waals surface area (Å²) in [5, 5.41) is 0. The van der Waals surface area contributed by atoms with Crippen LogP contribution in [0, 0.1) is 3.70 Å². The number of rotatable bonds is 4. The molecule has 1 aromatic rings. The molecule has 20 heavy (non-hydrogen) atoms. The van der Waals surface area contributed by atoms with Gasteiger partial charge in [-0.15, -0.1) is 0 Å². The molecule has 1 aromatic heterocycles. The summed E-state index contributed by atoms with van der Waals surface area (Å²) < 4.78 is 68.4. The molecule has 3 nitrogen and oxygen atoms in total. The van der Waals surface area contributed by atoms with Gasteiger partial charge in [0.05, 0.1) is 18.6 Å². The zero-order valence-corrected chi connectivity index (χ0v) is 12.3. The Morgan fingerprint density at radius 1 is 1.45 bits per heavy atom. The van der Waals surface area contributed by atoms with Gasteiger partial charge < -0.3 is 4.74 Å². The van der Waals surface area contributed by atoms with Crippen molar-refractivity contribution in [3.8, 4) is 0 Å². The average Bonchev–Trinajstić information content (AvgIpc) is 2.26. The van der Waals surface area contributed by atoms with E-state index in [9.17, 15) is 26.7 Å². The van der Waals surface area contributed by atoms with Crippen molar-refractivity contribution >= 4 is 28.6 Å². The lowest BCUT2D eigenvalue weighted by Gasteiger charge is -2.15. The maximum atomic E-state index is 12.9. The van der Waals surface area contributed by atoms with Crippen molar-refractivity contribution < 1.29 is 31.5 Å². The van der Waals surface area contributed by atoms with E-state index in [-0.39, 0.29) is 10.3 Å². The molecule has 0 spiro atoms. The van der Waals surface area contributed by atoms with Crippen LogP contribution in [0.15, 0.2) is 6.07 Å². The first-order valence-corrected chi connectivity index (χ1v) is 6.45. The van der Waals surface area contributed by atoms with Crippen molar-refractivity contribution in [1.29, 1.82) is 0 Å². The number of esters is 1. The van der Waals surface area contributed by atoms with E-state index in [2.05, 4.69) is 9.72 Å². The van der Waals surface area contributed by atoms with Gasteiger partial charge in [0.15, 0.2) is 5.69 Å². The Hall–Kier alpha value is -1.00. The molecule has 0 aliphatic rings. The van der Waals surface area contributed by atoms with Gasteiger partial charge in [0, 0.05) is 0 Å². The van der Waals surface area contributed by atoms with Crippen LogP contribution in [0.5, 0.6) is 0 Å². The lowest BCUT2D eigenvalue weighted by molar-refractivity contribution is -0.145. The van der Waals surface area contributed by atoms with Crippen LogP contribution in [0.25, 0.3) is 0 Å². The van der Waals surface area contributed by atoms with Gasteiger partial charge in [-0.3, -0.25) is 4.79 Å². The predicted molar refractivity (Wildman–Crippen MR) is 67.2 cm³/mol. The summed E-state index contributed by atoms with van der Waals surface area (Å²) in [6.45, 7) is 1.51. The quantitative estimate of drug-likeness (QED) is 0.329. The normalized spacial score (nSPS) is 11.8. The molecule has 0 aliphatic heterocycles. The van der Waals surface area contributed by atoms with Gasteiger partial charge >= 0.3 is 12.1 Å². The molecule has 0 amide bonds. The Balaban J connectivity index is 3.35. The first kappa shape index (κ1) is 17.1. The highest BCUT2D eigenvalue weighted by atomic mass is 127. The molecule has 0 saturated heterocycles. The zero-order valence-electron chi connectivity index (χ0n) is 10.1. The molecule has 0 bridgehead atoms. The Bertz CT molecular complexity index is 504. The minimum atomic E-state index is -5.02. The van der Waals surface area contributed by atoms with Crippen molar-refractivity contribution in [2.75, 3.05) is 6.61 Å². The monoisotopic (exact) mass is 409 g/mol.